The van der Waals surface area contributed by atoms with E-state index in [1.807, 2.05) is 52.0 Å². The van der Waals surface area contributed by atoms with E-state index in [2.05, 4.69) is 15.6 Å². The second-order valence-corrected chi connectivity index (χ2v) is 12.3. The van der Waals surface area contributed by atoms with Crippen LogP contribution in [0, 0.1) is 12.3 Å². The number of amides is 2. The number of hydrogen-bond donors (Lipinski definition) is 2. The van der Waals surface area contributed by atoms with Crippen LogP contribution in [0.4, 0.5) is 5.69 Å². The SMILES string of the molecule is Cc1ccc(C[C@H](NC(=O)c2nccs2)C(=O)Nc2ccc(S(=O)(=O)CC(C)(C)C)cc2)cc1. The molecular formula is C25H29N3O4S2. The summed E-state index contributed by atoms with van der Waals surface area (Å²) in [7, 11) is -3.44. The van der Waals surface area contributed by atoms with Crippen LogP contribution in [0.1, 0.15) is 41.7 Å². The summed E-state index contributed by atoms with van der Waals surface area (Å²) < 4.78 is 25.2. The molecule has 3 aromatic rings. The minimum Gasteiger partial charge on any atom is -0.338 e. The predicted octanol–water partition coefficient (Wildman–Crippen LogP) is 4.25. The molecule has 0 spiro atoms. The highest BCUT2D eigenvalue weighted by Gasteiger charge is 2.25. The summed E-state index contributed by atoms with van der Waals surface area (Å²) in [6.07, 6.45) is 1.82. The van der Waals surface area contributed by atoms with Crippen molar-refractivity contribution in [2.75, 3.05) is 11.1 Å². The first-order valence-electron chi connectivity index (χ1n) is 10.8. The van der Waals surface area contributed by atoms with Gasteiger partial charge in [0.05, 0.1) is 10.6 Å². The maximum atomic E-state index is 13.1. The van der Waals surface area contributed by atoms with Gasteiger partial charge >= 0.3 is 0 Å². The lowest BCUT2D eigenvalue weighted by Crippen LogP contribution is -2.45. The van der Waals surface area contributed by atoms with Crippen LogP contribution in [0.5, 0.6) is 0 Å². The fourth-order valence-corrected chi connectivity index (χ4v) is 5.75. The van der Waals surface area contributed by atoms with Gasteiger partial charge in [-0.25, -0.2) is 13.4 Å². The van der Waals surface area contributed by atoms with Gasteiger partial charge in [0.25, 0.3) is 5.91 Å². The number of hydrogen-bond acceptors (Lipinski definition) is 6. The molecule has 1 heterocycles. The number of carbonyl (C=O) groups excluding carboxylic acids is 2. The van der Waals surface area contributed by atoms with Crippen LogP contribution < -0.4 is 10.6 Å². The van der Waals surface area contributed by atoms with E-state index in [1.165, 1.54) is 29.7 Å². The Morgan fingerprint density at radius 3 is 2.24 bits per heavy atom. The molecule has 180 valence electrons. The Hall–Kier alpha value is -3.04. The van der Waals surface area contributed by atoms with Gasteiger partial charge in [-0.15, -0.1) is 11.3 Å². The maximum Gasteiger partial charge on any atom is 0.280 e. The van der Waals surface area contributed by atoms with Crippen molar-refractivity contribution < 1.29 is 18.0 Å². The van der Waals surface area contributed by atoms with Crippen molar-refractivity contribution >= 4 is 38.7 Å². The van der Waals surface area contributed by atoms with E-state index in [9.17, 15) is 18.0 Å². The van der Waals surface area contributed by atoms with E-state index in [4.69, 9.17) is 0 Å². The minimum atomic E-state index is -3.44. The molecule has 0 aliphatic carbocycles. The number of sulfone groups is 1. The Labute approximate surface area is 204 Å². The lowest BCUT2D eigenvalue weighted by molar-refractivity contribution is -0.118. The van der Waals surface area contributed by atoms with Crippen molar-refractivity contribution in [3.63, 3.8) is 0 Å². The van der Waals surface area contributed by atoms with Crippen molar-refractivity contribution in [2.45, 2.75) is 45.1 Å². The normalized spacial score (nSPS) is 12.7. The van der Waals surface area contributed by atoms with Gasteiger partial charge < -0.3 is 10.6 Å². The third-order valence-corrected chi connectivity index (χ3v) is 7.92. The highest BCUT2D eigenvalue weighted by atomic mass is 32.2. The summed E-state index contributed by atoms with van der Waals surface area (Å²) >= 11 is 1.19. The molecule has 2 aromatic carbocycles. The van der Waals surface area contributed by atoms with E-state index in [1.54, 1.807) is 17.5 Å². The lowest BCUT2D eigenvalue weighted by atomic mass is 10.0. The number of thiazole rings is 1. The summed E-state index contributed by atoms with van der Waals surface area (Å²) in [6, 6.07) is 13.0. The van der Waals surface area contributed by atoms with Crippen molar-refractivity contribution in [3.05, 3.63) is 76.2 Å². The number of rotatable bonds is 8. The van der Waals surface area contributed by atoms with Gasteiger partial charge in [0.2, 0.25) is 5.91 Å². The van der Waals surface area contributed by atoms with Gasteiger partial charge in [0, 0.05) is 23.7 Å². The molecular weight excluding hydrogens is 470 g/mol. The molecule has 0 aliphatic rings. The molecule has 34 heavy (non-hydrogen) atoms. The molecule has 2 amide bonds. The molecule has 0 fully saturated rings. The van der Waals surface area contributed by atoms with Crippen LogP contribution in [0.15, 0.2) is 65.0 Å². The van der Waals surface area contributed by atoms with Crippen LogP contribution in [-0.4, -0.2) is 37.0 Å². The van der Waals surface area contributed by atoms with Crippen LogP contribution in [0.3, 0.4) is 0 Å². The Bertz CT molecular complexity index is 1230. The quantitative estimate of drug-likeness (QED) is 0.482. The van der Waals surface area contributed by atoms with Gasteiger partial charge in [0.1, 0.15) is 6.04 Å². The molecule has 2 N–H and O–H groups in total. The largest absolute Gasteiger partial charge is 0.338 e. The summed E-state index contributed by atoms with van der Waals surface area (Å²) in [5, 5.41) is 7.52. The van der Waals surface area contributed by atoms with Crippen LogP contribution in [-0.2, 0) is 21.1 Å². The Balaban J connectivity index is 1.76. The maximum absolute atomic E-state index is 13.1. The van der Waals surface area contributed by atoms with Gasteiger partial charge in [0.15, 0.2) is 14.8 Å². The number of benzene rings is 2. The molecule has 0 radical (unpaired) electrons. The van der Waals surface area contributed by atoms with Crippen molar-refractivity contribution in [2.24, 2.45) is 5.41 Å². The topological polar surface area (TPSA) is 105 Å². The monoisotopic (exact) mass is 499 g/mol. The minimum absolute atomic E-state index is 0.0209. The van der Waals surface area contributed by atoms with E-state index in [0.717, 1.165) is 11.1 Å². The molecule has 9 heteroatoms. The van der Waals surface area contributed by atoms with Crippen LogP contribution in [0.25, 0.3) is 0 Å². The van der Waals surface area contributed by atoms with Crippen molar-refractivity contribution in [1.29, 1.82) is 0 Å². The Kier molecular flexibility index (Phi) is 7.89. The summed E-state index contributed by atoms with van der Waals surface area (Å²) in [5.74, 6) is -0.811. The zero-order valence-electron chi connectivity index (χ0n) is 19.7. The molecule has 0 saturated carbocycles. The van der Waals surface area contributed by atoms with E-state index >= 15 is 0 Å². The molecule has 0 saturated heterocycles. The number of carbonyl (C=O) groups is 2. The first kappa shape index (κ1) is 25.6. The first-order chi connectivity index (χ1) is 15.9. The third kappa shape index (κ3) is 7.23. The number of nitrogens with zero attached hydrogens (tertiary/aromatic N) is 1. The highest BCUT2D eigenvalue weighted by Crippen LogP contribution is 2.23. The molecule has 1 atom stereocenters. The number of aryl methyl sites for hydroxylation is 1. The van der Waals surface area contributed by atoms with Crippen LogP contribution in [0.2, 0.25) is 0 Å². The second kappa shape index (κ2) is 10.5. The number of aromatic nitrogens is 1. The lowest BCUT2D eigenvalue weighted by Gasteiger charge is -2.19. The Morgan fingerprint density at radius 2 is 1.68 bits per heavy atom. The van der Waals surface area contributed by atoms with E-state index in [0.29, 0.717) is 12.1 Å². The van der Waals surface area contributed by atoms with E-state index in [-0.39, 0.29) is 21.1 Å². The van der Waals surface area contributed by atoms with Gasteiger partial charge in [-0.1, -0.05) is 50.6 Å². The fourth-order valence-electron chi connectivity index (χ4n) is 3.35. The second-order valence-electron chi connectivity index (χ2n) is 9.39. The molecule has 0 unspecified atom stereocenters. The summed E-state index contributed by atoms with van der Waals surface area (Å²) in [5.41, 5.74) is 2.06. The van der Waals surface area contributed by atoms with E-state index < -0.39 is 27.7 Å². The average Bonchev–Trinajstić information content (AvgIpc) is 3.28. The zero-order chi connectivity index (χ0) is 24.9. The predicted molar refractivity (Wildman–Crippen MR) is 135 cm³/mol. The smallest absolute Gasteiger partial charge is 0.280 e. The molecule has 1 aromatic heterocycles. The average molecular weight is 500 g/mol. The fraction of sp³-hybridized carbons (Fsp3) is 0.320. The molecule has 7 nitrogen and oxygen atoms in total. The molecule has 0 aliphatic heterocycles. The van der Waals surface area contributed by atoms with Crippen LogP contribution >= 0.6 is 11.3 Å². The summed E-state index contributed by atoms with van der Waals surface area (Å²) in [4.78, 5) is 29.9. The van der Waals surface area contributed by atoms with Crippen molar-refractivity contribution in [1.82, 2.24) is 10.3 Å². The van der Waals surface area contributed by atoms with Gasteiger partial charge in [-0.3, -0.25) is 9.59 Å². The van der Waals surface area contributed by atoms with Crippen molar-refractivity contribution in [3.8, 4) is 0 Å². The Morgan fingerprint density at radius 1 is 1.03 bits per heavy atom. The van der Waals surface area contributed by atoms with Gasteiger partial charge in [-0.2, -0.15) is 0 Å². The third-order valence-electron chi connectivity index (χ3n) is 4.91. The standard InChI is InChI=1S/C25H29N3O4S2/c1-17-5-7-18(8-6-17)15-21(28-23(30)24-26-13-14-33-24)22(29)27-19-9-11-20(12-10-19)34(31,32)16-25(2,3)4/h5-14,21H,15-16H2,1-4H3,(H,27,29)(H,28,30)/t21-/m0/s1. The molecule has 3 rings (SSSR count). The first-order valence-corrected chi connectivity index (χ1v) is 13.4. The number of anilines is 1. The zero-order valence-corrected chi connectivity index (χ0v) is 21.3. The highest BCUT2D eigenvalue weighted by molar-refractivity contribution is 7.91. The number of nitrogens with one attached hydrogen (secondary N) is 2. The van der Waals surface area contributed by atoms with Gasteiger partial charge in [-0.05, 0) is 42.2 Å². The summed E-state index contributed by atoms with van der Waals surface area (Å²) in [6.45, 7) is 7.58. The molecule has 0 bridgehead atoms.